The second-order valence-electron chi connectivity index (χ2n) is 6.45. The first kappa shape index (κ1) is 18.4. The highest BCUT2D eigenvalue weighted by Crippen LogP contribution is 2.24. The van der Waals surface area contributed by atoms with Crippen LogP contribution in [0.2, 0.25) is 5.02 Å². The molecule has 0 radical (unpaired) electrons. The smallest absolute Gasteiger partial charge is 0.305 e. The molecule has 0 aromatic heterocycles. The summed E-state index contributed by atoms with van der Waals surface area (Å²) in [5.41, 5.74) is 0.389. The van der Waals surface area contributed by atoms with Crippen molar-refractivity contribution in [1.82, 2.24) is 5.32 Å². The van der Waals surface area contributed by atoms with E-state index in [2.05, 4.69) is 5.32 Å². The van der Waals surface area contributed by atoms with Crippen molar-refractivity contribution in [2.45, 2.75) is 46.1 Å². The summed E-state index contributed by atoms with van der Waals surface area (Å²) in [5.74, 6) is -1.97. The van der Waals surface area contributed by atoms with Gasteiger partial charge in [-0.1, -0.05) is 38.4 Å². The average Bonchev–Trinajstić information content (AvgIpc) is 2.37. The molecule has 0 saturated heterocycles. The molecule has 1 aromatic rings. The molecule has 1 rings (SSSR count). The lowest BCUT2D eigenvalue weighted by atomic mass is 9.90. The second kappa shape index (κ2) is 7.58. The molecule has 1 unspecified atom stereocenters. The van der Waals surface area contributed by atoms with E-state index in [-0.39, 0.29) is 29.2 Å². The van der Waals surface area contributed by atoms with Gasteiger partial charge in [-0.2, -0.15) is 0 Å². The van der Waals surface area contributed by atoms with Gasteiger partial charge in [0.05, 0.1) is 17.5 Å². The number of amides is 1. The predicted octanol–water partition coefficient (Wildman–Crippen LogP) is 3.94. The van der Waals surface area contributed by atoms with Gasteiger partial charge in [0.1, 0.15) is 5.82 Å². The Bertz CT molecular complexity index is 555. The van der Waals surface area contributed by atoms with Crippen LogP contribution in [0.1, 0.15) is 51.6 Å². The number of carbonyl (C=O) groups excluding carboxylic acids is 1. The summed E-state index contributed by atoms with van der Waals surface area (Å²) in [6, 6.07) is 3.24. The fourth-order valence-electron chi connectivity index (χ4n) is 1.91. The summed E-state index contributed by atoms with van der Waals surface area (Å²) >= 11 is 5.62. The third-order valence-electron chi connectivity index (χ3n) is 3.16. The standard InChI is InChI=1S/C16H21ClFNO3/c1-16(2,3)7-6-14(20)19-13(9-15(21)22)10-4-5-11(17)12(18)8-10/h4-5,8,13H,6-7,9H2,1-3H3,(H,19,20)(H,21,22). The van der Waals surface area contributed by atoms with Crippen molar-refractivity contribution in [1.29, 1.82) is 0 Å². The molecule has 22 heavy (non-hydrogen) atoms. The maximum Gasteiger partial charge on any atom is 0.305 e. The number of carboxylic acid groups (broad SMARTS) is 1. The van der Waals surface area contributed by atoms with Gasteiger partial charge in [-0.3, -0.25) is 9.59 Å². The molecule has 2 N–H and O–H groups in total. The van der Waals surface area contributed by atoms with E-state index >= 15 is 0 Å². The Balaban J connectivity index is 2.82. The third-order valence-corrected chi connectivity index (χ3v) is 3.47. The Morgan fingerprint density at radius 3 is 2.50 bits per heavy atom. The number of carboxylic acids is 1. The van der Waals surface area contributed by atoms with Crippen LogP contribution in [0.4, 0.5) is 4.39 Å². The van der Waals surface area contributed by atoms with E-state index in [9.17, 15) is 14.0 Å². The largest absolute Gasteiger partial charge is 0.481 e. The van der Waals surface area contributed by atoms with Gasteiger partial charge in [-0.15, -0.1) is 0 Å². The molecule has 1 aromatic carbocycles. The quantitative estimate of drug-likeness (QED) is 0.830. The molecule has 0 aliphatic rings. The lowest BCUT2D eigenvalue weighted by Gasteiger charge is -2.21. The minimum absolute atomic E-state index is 0.00597. The molecule has 6 heteroatoms. The van der Waals surface area contributed by atoms with Crippen molar-refractivity contribution in [3.05, 3.63) is 34.6 Å². The molecular formula is C16H21ClFNO3. The first-order valence-corrected chi connectivity index (χ1v) is 7.42. The predicted molar refractivity (Wildman–Crippen MR) is 83.2 cm³/mol. The summed E-state index contributed by atoms with van der Waals surface area (Å²) in [6.45, 7) is 6.05. The summed E-state index contributed by atoms with van der Waals surface area (Å²) in [4.78, 5) is 22.9. The van der Waals surface area contributed by atoms with Gasteiger partial charge in [0, 0.05) is 6.42 Å². The van der Waals surface area contributed by atoms with E-state index in [1.54, 1.807) is 0 Å². The van der Waals surface area contributed by atoms with Gasteiger partial charge in [0.2, 0.25) is 5.91 Å². The topological polar surface area (TPSA) is 66.4 Å². The Morgan fingerprint density at radius 1 is 1.36 bits per heavy atom. The maximum atomic E-state index is 13.5. The molecule has 4 nitrogen and oxygen atoms in total. The van der Waals surface area contributed by atoms with Crippen molar-refractivity contribution in [3.63, 3.8) is 0 Å². The zero-order valence-electron chi connectivity index (χ0n) is 13.0. The van der Waals surface area contributed by atoms with Crippen LogP contribution in [0.5, 0.6) is 0 Å². The molecule has 0 aliphatic carbocycles. The average molecular weight is 330 g/mol. The van der Waals surface area contributed by atoms with E-state index < -0.39 is 17.8 Å². The molecule has 122 valence electrons. The van der Waals surface area contributed by atoms with Crippen LogP contribution in [-0.4, -0.2) is 17.0 Å². The number of rotatable bonds is 6. The summed E-state index contributed by atoms with van der Waals surface area (Å²) < 4.78 is 13.5. The molecule has 1 amide bonds. The number of carbonyl (C=O) groups is 2. The summed E-state index contributed by atoms with van der Waals surface area (Å²) in [6.07, 6.45) is 0.644. The molecule has 0 spiro atoms. The first-order valence-electron chi connectivity index (χ1n) is 7.04. The number of benzene rings is 1. The Morgan fingerprint density at radius 2 is 2.00 bits per heavy atom. The van der Waals surface area contributed by atoms with E-state index in [4.69, 9.17) is 16.7 Å². The van der Waals surface area contributed by atoms with Gasteiger partial charge in [0.15, 0.2) is 0 Å². The molecular weight excluding hydrogens is 309 g/mol. The molecule has 0 bridgehead atoms. The fraction of sp³-hybridized carbons (Fsp3) is 0.500. The van der Waals surface area contributed by atoms with Crippen LogP contribution >= 0.6 is 11.6 Å². The molecule has 0 aliphatic heterocycles. The molecule has 0 heterocycles. The maximum absolute atomic E-state index is 13.5. The Hall–Kier alpha value is -1.62. The summed E-state index contributed by atoms with van der Waals surface area (Å²) in [7, 11) is 0. The molecule has 0 fully saturated rings. The van der Waals surface area contributed by atoms with Gasteiger partial charge in [-0.05, 0) is 29.5 Å². The van der Waals surface area contributed by atoms with Gasteiger partial charge in [0.25, 0.3) is 0 Å². The number of hydrogen-bond donors (Lipinski definition) is 2. The Labute approximate surface area is 134 Å². The summed E-state index contributed by atoms with van der Waals surface area (Å²) in [5, 5.41) is 11.6. The fourth-order valence-corrected chi connectivity index (χ4v) is 2.03. The highest BCUT2D eigenvalue weighted by molar-refractivity contribution is 6.30. The minimum Gasteiger partial charge on any atom is -0.481 e. The van der Waals surface area contributed by atoms with Crippen molar-refractivity contribution in [2.24, 2.45) is 5.41 Å². The van der Waals surface area contributed by atoms with Crippen LogP contribution < -0.4 is 5.32 Å². The van der Waals surface area contributed by atoms with Crippen LogP contribution in [0.3, 0.4) is 0 Å². The van der Waals surface area contributed by atoms with E-state index in [0.717, 1.165) is 6.07 Å². The lowest BCUT2D eigenvalue weighted by Crippen LogP contribution is -2.30. The van der Waals surface area contributed by atoms with Crippen molar-refractivity contribution >= 4 is 23.5 Å². The van der Waals surface area contributed by atoms with E-state index in [0.29, 0.717) is 12.0 Å². The van der Waals surface area contributed by atoms with Crippen molar-refractivity contribution < 1.29 is 19.1 Å². The normalized spacial score (nSPS) is 12.8. The number of aliphatic carboxylic acids is 1. The minimum atomic E-state index is -1.07. The number of nitrogens with one attached hydrogen (secondary N) is 1. The lowest BCUT2D eigenvalue weighted by molar-refractivity contribution is -0.137. The molecule has 1 atom stereocenters. The van der Waals surface area contributed by atoms with Crippen LogP contribution in [-0.2, 0) is 9.59 Å². The zero-order chi connectivity index (χ0) is 16.9. The zero-order valence-corrected chi connectivity index (χ0v) is 13.7. The van der Waals surface area contributed by atoms with Crippen LogP contribution in [0, 0.1) is 11.2 Å². The van der Waals surface area contributed by atoms with E-state index in [1.807, 2.05) is 20.8 Å². The van der Waals surface area contributed by atoms with Crippen molar-refractivity contribution in [3.8, 4) is 0 Å². The van der Waals surface area contributed by atoms with Gasteiger partial charge in [-0.25, -0.2) is 4.39 Å². The number of halogens is 2. The van der Waals surface area contributed by atoms with Gasteiger partial charge >= 0.3 is 5.97 Å². The third kappa shape index (κ3) is 6.43. The van der Waals surface area contributed by atoms with Crippen molar-refractivity contribution in [2.75, 3.05) is 0 Å². The molecule has 0 saturated carbocycles. The first-order chi connectivity index (χ1) is 10.1. The van der Waals surface area contributed by atoms with E-state index in [1.165, 1.54) is 12.1 Å². The van der Waals surface area contributed by atoms with Crippen LogP contribution in [0.25, 0.3) is 0 Å². The van der Waals surface area contributed by atoms with Gasteiger partial charge < -0.3 is 10.4 Å². The monoisotopic (exact) mass is 329 g/mol. The number of hydrogen-bond acceptors (Lipinski definition) is 2. The highest BCUT2D eigenvalue weighted by Gasteiger charge is 2.20. The Kier molecular flexibility index (Phi) is 6.35. The van der Waals surface area contributed by atoms with Crippen LogP contribution in [0.15, 0.2) is 18.2 Å². The SMILES string of the molecule is CC(C)(C)CCC(=O)NC(CC(=O)O)c1ccc(Cl)c(F)c1. The highest BCUT2D eigenvalue weighted by atomic mass is 35.5. The second-order valence-corrected chi connectivity index (χ2v) is 6.86.